The minimum atomic E-state index is -0.776. The van der Waals surface area contributed by atoms with Crippen LogP contribution in [0.5, 0.6) is 5.75 Å². The van der Waals surface area contributed by atoms with Gasteiger partial charge in [-0.05, 0) is 51.3 Å². The number of carboxylic acids is 1. The molecule has 1 aromatic rings. The fraction of sp³-hybridized carbons (Fsp3) is 0.500. The Kier molecular flexibility index (Phi) is 5.03. The van der Waals surface area contributed by atoms with Crippen molar-refractivity contribution in [2.45, 2.75) is 33.6 Å². The zero-order valence-electron chi connectivity index (χ0n) is 11.0. The van der Waals surface area contributed by atoms with E-state index in [0.717, 1.165) is 11.3 Å². The third-order valence-electron chi connectivity index (χ3n) is 2.93. The van der Waals surface area contributed by atoms with Crippen LogP contribution >= 0.6 is 11.6 Å². The number of benzene rings is 1. The highest BCUT2D eigenvalue weighted by atomic mass is 35.5. The molecule has 0 aliphatic heterocycles. The summed E-state index contributed by atoms with van der Waals surface area (Å²) in [7, 11) is 0. The highest BCUT2D eigenvalue weighted by molar-refractivity contribution is 6.30. The summed E-state index contributed by atoms with van der Waals surface area (Å²) in [5.41, 5.74) is 0.323. The SMILES string of the molecule is Cc1ccc(Cl)cc1OCCCC(C)(C)C(=O)O. The maximum atomic E-state index is 10.9. The number of hydrogen-bond acceptors (Lipinski definition) is 2. The van der Waals surface area contributed by atoms with Gasteiger partial charge in [0, 0.05) is 5.02 Å². The fourth-order valence-electron chi connectivity index (χ4n) is 1.53. The van der Waals surface area contributed by atoms with Gasteiger partial charge in [-0.3, -0.25) is 4.79 Å². The van der Waals surface area contributed by atoms with E-state index >= 15 is 0 Å². The van der Waals surface area contributed by atoms with Crippen LogP contribution in [-0.2, 0) is 4.79 Å². The highest BCUT2D eigenvalue weighted by Gasteiger charge is 2.26. The number of aliphatic carboxylic acids is 1. The average molecular weight is 271 g/mol. The second-order valence-corrected chi connectivity index (χ2v) is 5.49. The van der Waals surface area contributed by atoms with Crippen LogP contribution in [0.25, 0.3) is 0 Å². The molecule has 0 heterocycles. The number of hydrogen-bond donors (Lipinski definition) is 1. The lowest BCUT2D eigenvalue weighted by molar-refractivity contribution is -0.147. The summed E-state index contributed by atoms with van der Waals surface area (Å²) in [5.74, 6) is -0.0166. The van der Waals surface area contributed by atoms with Crippen molar-refractivity contribution in [3.63, 3.8) is 0 Å². The van der Waals surface area contributed by atoms with Crippen molar-refractivity contribution in [2.24, 2.45) is 5.41 Å². The van der Waals surface area contributed by atoms with Crippen LogP contribution in [0.3, 0.4) is 0 Å². The molecule has 0 bridgehead atoms. The summed E-state index contributed by atoms with van der Waals surface area (Å²) < 4.78 is 5.62. The lowest BCUT2D eigenvalue weighted by Crippen LogP contribution is -2.24. The Morgan fingerprint density at radius 1 is 1.44 bits per heavy atom. The van der Waals surface area contributed by atoms with E-state index in [1.165, 1.54) is 0 Å². The van der Waals surface area contributed by atoms with Gasteiger partial charge < -0.3 is 9.84 Å². The van der Waals surface area contributed by atoms with Crippen LogP contribution in [0.15, 0.2) is 18.2 Å². The van der Waals surface area contributed by atoms with Gasteiger partial charge in [0.15, 0.2) is 0 Å². The van der Waals surface area contributed by atoms with E-state index in [1.807, 2.05) is 19.1 Å². The molecule has 0 spiro atoms. The summed E-state index contributed by atoms with van der Waals surface area (Å²) in [6.07, 6.45) is 1.28. The van der Waals surface area contributed by atoms with Crippen molar-refractivity contribution >= 4 is 17.6 Å². The van der Waals surface area contributed by atoms with Crippen molar-refractivity contribution < 1.29 is 14.6 Å². The normalized spacial score (nSPS) is 11.3. The molecule has 3 nitrogen and oxygen atoms in total. The minimum Gasteiger partial charge on any atom is -0.493 e. The zero-order chi connectivity index (χ0) is 13.8. The van der Waals surface area contributed by atoms with Crippen LogP contribution in [0.2, 0.25) is 5.02 Å². The Labute approximate surface area is 113 Å². The zero-order valence-corrected chi connectivity index (χ0v) is 11.8. The first kappa shape index (κ1) is 14.8. The third-order valence-corrected chi connectivity index (χ3v) is 3.17. The van der Waals surface area contributed by atoms with Crippen LogP contribution < -0.4 is 4.74 Å². The van der Waals surface area contributed by atoms with Gasteiger partial charge >= 0.3 is 5.97 Å². The van der Waals surface area contributed by atoms with Gasteiger partial charge in [0.05, 0.1) is 12.0 Å². The Bertz CT molecular complexity index is 427. The second-order valence-electron chi connectivity index (χ2n) is 5.05. The minimum absolute atomic E-state index is 0.498. The number of rotatable bonds is 6. The molecule has 0 atom stereocenters. The molecule has 4 heteroatoms. The molecule has 0 unspecified atom stereocenters. The molecule has 18 heavy (non-hydrogen) atoms. The Balaban J connectivity index is 2.43. The quantitative estimate of drug-likeness (QED) is 0.797. The van der Waals surface area contributed by atoms with Gasteiger partial charge in [0.25, 0.3) is 0 Å². The highest BCUT2D eigenvalue weighted by Crippen LogP contribution is 2.25. The molecule has 1 aromatic carbocycles. The smallest absolute Gasteiger partial charge is 0.309 e. The van der Waals surface area contributed by atoms with Crippen molar-refractivity contribution in [2.75, 3.05) is 6.61 Å². The predicted molar refractivity (Wildman–Crippen MR) is 72.3 cm³/mol. The lowest BCUT2D eigenvalue weighted by atomic mass is 9.88. The topological polar surface area (TPSA) is 46.5 Å². The standard InChI is InChI=1S/C14H19ClO3/c1-10-5-6-11(15)9-12(10)18-8-4-7-14(2,3)13(16)17/h5-6,9H,4,7-8H2,1-3H3,(H,16,17). The Hall–Kier alpha value is -1.22. The van der Waals surface area contributed by atoms with E-state index in [1.54, 1.807) is 19.9 Å². The molecule has 1 rings (SSSR count). The van der Waals surface area contributed by atoms with E-state index < -0.39 is 11.4 Å². The van der Waals surface area contributed by atoms with Crippen LogP contribution in [0.4, 0.5) is 0 Å². The van der Waals surface area contributed by atoms with Gasteiger partial charge in [-0.15, -0.1) is 0 Å². The van der Waals surface area contributed by atoms with E-state index in [-0.39, 0.29) is 0 Å². The molecule has 0 saturated heterocycles. The van der Waals surface area contributed by atoms with E-state index in [2.05, 4.69) is 0 Å². The maximum Gasteiger partial charge on any atom is 0.309 e. The van der Waals surface area contributed by atoms with Gasteiger partial charge in [0.1, 0.15) is 5.75 Å². The maximum absolute atomic E-state index is 10.9. The van der Waals surface area contributed by atoms with Gasteiger partial charge in [0.2, 0.25) is 0 Å². The lowest BCUT2D eigenvalue weighted by Gasteiger charge is -2.18. The molecular weight excluding hydrogens is 252 g/mol. The molecule has 0 aromatic heterocycles. The molecule has 0 fully saturated rings. The summed E-state index contributed by atoms with van der Waals surface area (Å²) in [6, 6.07) is 5.50. The van der Waals surface area contributed by atoms with Crippen molar-refractivity contribution in [3.05, 3.63) is 28.8 Å². The number of ether oxygens (including phenoxy) is 1. The molecule has 0 amide bonds. The number of carboxylic acid groups (broad SMARTS) is 1. The molecular formula is C14H19ClO3. The summed E-state index contributed by atoms with van der Waals surface area (Å²) in [4.78, 5) is 10.9. The first-order valence-electron chi connectivity index (χ1n) is 5.95. The number of carbonyl (C=O) groups is 1. The average Bonchev–Trinajstić information content (AvgIpc) is 2.28. The van der Waals surface area contributed by atoms with Crippen molar-refractivity contribution in [1.82, 2.24) is 0 Å². The number of halogens is 1. The molecule has 1 N–H and O–H groups in total. The van der Waals surface area contributed by atoms with E-state index in [4.69, 9.17) is 21.4 Å². The monoisotopic (exact) mass is 270 g/mol. The van der Waals surface area contributed by atoms with Gasteiger partial charge in [-0.25, -0.2) is 0 Å². The molecule has 0 aliphatic carbocycles. The van der Waals surface area contributed by atoms with Crippen LogP contribution in [0, 0.1) is 12.3 Å². The molecule has 0 aliphatic rings. The molecule has 0 saturated carbocycles. The fourth-order valence-corrected chi connectivity index (χ4v) is 1.69. The van der Waals surface area contributed by atoms with E-state index in [9.17, 15) is 4.79 Å². The van der Waals surface area contributed by atoms with Crippen LogP contribution in [-0.4, -0.2) is 17.7 Å². The van der Waals surface area contributed by atoms with E-state index in [0.29, 0.717) is 24.5 Å². The largest absolute Gasteiger partial charge is 0.493 e. The molecule has 100 valence electrons. The van der Waals surface area contributed by atoms with Crippen LogP contribution in [0.1, 0.15) is 32.3 Å². The van der Waals surface area contributed by atoms with Gasteiger partial charge in [-0.1, -0.05) is 17.7 Å². The first-order chi connectivity index (χ1) is 8.33. The second kappa shape index (κ2) is 6.10. The third kappa shape index (κ3) is 4.22. The first-order valence-corrected chi connectivity index (χ1v) is 6.33. The van der Waals surface area contributed by atoms with Gasteiger partial charge in [-0.2, -0.15) is 0 Å². The number of aryl methyl sites for hydroxylation is 1. The summed E-state index contributed by atoms with van der Waals surface area (Å²) in [5, 5.41) is 9.62. The predicted octanol–water partition coefficient (Wildman–Crippen LogP) is 3.92. The Morgan fingerprint density at radius 2 is 2.11 bits per heavy atom. The van der Waals surface area contributed by atoms with Crippen molar-refractivity contribution in [1.29, 1.82) is 0 Å². The summed E-state index contributed by atoms with van der Waals surface area (Å²) in [6.45, 7) is 5.89. The summed E-state index contributed by atoms with van der Waals surface area (Å²) >= 11 is 5.89. The Morgan fingerprint density at radius 3 is 2.72 bits per heavy atom. The van der Waals surface area contributed by atoms with Crippen molar-refractivity contribution in [3.8, 4) is 5.75 Å². The molecule has 0 radical (unpaired) electrons.